The summed E-state index contributed by atoms with van der Waals surface area (Å²) in [5.74, 6) is 0. The zero-order valence-electron chi connectivity index (χ0n) is 16.1. The molecule has 0 unspecified atom stereocenters. The Bertz CT molecular complexity index is 725. The van der Waals surface area contributed by atoms with Crippen LogP contribution in [0.2, 0.25) is 0 Å². The molecule has 5 nitrogen and oxygen atoms in total. The zero-order valence-corrected chi connectivity index (χ0v) is 16.1. The molecule has 2 aliphatic heterocycles. The second kappa shape index (κ2) is 8.85. The van der Waals surface area contributed by atoms with Crippen molar-refractivity contribution in [3.05, 3.63) is 96.6 Å². The number of rotatable bonds is 8. The second-order valence-electron chi connectivity index (χ2n) is 7.54. The maximum atomic E-state index is 10.5. The highest BCUT2D eigenvalue weighted by atomic mass is 16.3. The lowest BCUT2D eigenvalue weighted by Gasteiger charge is -2.27. The molecule has 0 bridgehead atoms. The average Bonchev–Trinajstić information content (AvgIpc) is 3.33. The molecule has 0 atom stereocenters. The first-order chi connectivity index (χ1) is 13.7. The van der Waals surface area contributed by atoms with E-state index >= 15 is 0 Å². The summed E-state index contributed by atoms with van der Waals surface area (Å²) >= 11 is 0. The fourth-order valence-electron chi connectivity index (χ4n) is 3.71. The highest BCUT2D eigenvalue weighted by Gasteiger charge is 2.19. The third kappa shape index (κ3) is 5.08. The van der Waals surface area contributed by atoms with Crippen LogP contribution in [0.15, 0.2) is 85.5 Å². The Labute approximate surface area is 167 Å². The van der Waals surface area contributed by atoms with Crippen LogP contribution in [0.5, 0.6) is 0 Å². The first kappa shape index (κ1) is 18.4. The third-order valence-electron chi connectivity index (χ3n) is 5.05. The second-order valence-corrected chi connectivity index (χ2v) is 7.54. The van der Waals surface area contributed by atoms with Gasteiger partial charge in [0.2, 0.25) is 0 Å². The van der Waals surface area contributed by atoms with Crippen molar-refractivity contribution in [1.29, 1.82) is 0 Å². The SMILES string of the molecule is OC(CN1C=CN(Cc2ccccc2)C1)CN1C=CN(Cc2ccccc2)C1. The lowest BCUT2D eigenvalue weighted by atomic mass is 10.2. The topological polar surface area (TPSA) is 33.2 Å². The van der Waals surface area contributed by atoms with Gasteiger partial charge >= 0.3 is 0 Å². The van der Waals surface area contributed by atoms with Crippen molar-refractivity contribution in [3.8, 4) is 0 Å². The van der Waals surface area contributed by atoms with Crippen LogP contribution >= 0.6 is 0 Å². The molecule has 28 heavy (non-hydrogen) atoms. The van der Waals surface area contributed by atoms with Crippen molar-refractivity contribution in [2.75, 3.05) is 26.4 Å². The van der Waals surface area contributed by atoms with E-state index in [0.717, 1.165) is 26.4 Å². The summed E-state index contributed by atoms with van der Waals surface area (Å²) < 4.78 is 0. The van der Waals surface area contributed by atoms with Crippen LogP contribution in [0, 0.1) is 0 Å². The predicted molar refractivity (Wildman–Crippen MR) is 111 cm³/mol. The lowest BCUT2D eigenvalue weighted by molar-refractivity contribution is 0.0893. The fraction of sp³-hybridized carbons (Fsp3) is 0.304. The Hall–Kier alpha value is -2.92. The van der Waals surface area contributed by atoms with Gasteiger partial charge in [0.1, 0.15) is 0 Å². The van der Waals surface area contributed by atoms with Crippen molar-refractivity contribution < 1.29 is 5.11 Å². The molecule has 0 spiro atoms. The number of aliphatic hydroxyl groups excluding tert-OH is 1. The zero-order chi connectivity index (χ0) is 19.2. The quantitative estimate of drug-likeness (QED) is 0.766. The molecule has 2 heterocycles. The van der Waals surface area contributed by atoms with Gasteiger partial charge in [-0.3, -0.25) is 0 Å². The van der Waals surface area contributed by atoms with Gasteiger partial charge in [0, 0.05) is 51.0 Å². The van der Waals surface area contributed by atoms with E-state index in [2.05, 4.69) is 92.9 Å². The summed E-state index contributed by atoms with van der Waals surface area (Å²) in [6, 6.07) is 20.9. The van der Waals surface area contributed by atoms with E-state index in [9.17, 15) is 5.11 Å². The standard InChI is InChI=1S/C23H28N4O/c28-23(17-26-13-11-24(19-26)15-21-7-3-1-4-8-21)18-27-14-12-25(20-27)16-22-9-5-2-6-10-22/h1-14,23,28H,15-20H2. The molecular weight excluding hydrogens is 348 g/mol. The van der Waals surface area contributed by atoms with Gasteiger partial charge in [0.05, 0.1) is 19.4 Å². The van der Waals surface area contributed by atoms with E-state index in [-0.39, 0.29) is 6.10 Å². The Kier molecular flexibility index (Phi) is 5.83. The summed E-state index contributed by atoms with van der Waals surface area (Å²) in [5, 5.41) is 10.5. The number of β-amino-alcohol motifs (C(OH)–C–C–N with tert-alkyl or cyclic N) is 1. The molecule has 0 saturated heterocycles. The van der Waals surface area contributed by atoms with Gasteiger partial charge in [-0.2, -0.15) is 0 Å². The number of aliphatic hydroxyl groups is 1. The van der Waals surface area contributed by atoms with Gasteiger partial charge in [0.25, 0.3) is 0 Å². The van der Waals surface area contributed by atoms with E-state index in [4.69, 9.17) is 0 Å². The normalized spacial score (nSPS) is 16.1. The molecule has 2 aliphatic rings. The Morgan fingerprint density at radius 2 is 1.00 bits per heavy atom. The molecule has 5 heteroatoms. The molecule has 0 saturated carbocycles. The van der Waals surface area contributed by atoms with Crippen LogP contribution in [0.1, 0.15) is 11.1 Å². The minimum absolute atomic E-state index is 0.386. The molecular formula is C23H28N4O. The molecule has 0 aromatic heterocycles. The maximum Gasteiger partial charge on any atom is 0.0898 e. The lowest BCUT2D eigenvalue weighted by Crippen LogP contribution is -2.38. The van der Waals surface area contributed by atoms with Crippen LogP contribution in [0.25, 0.3) is 0 Å². The van der Waals surface area contributed by atoms with Crippen molar-refractivity contribution in [1.82, 2.24) is 19.6 Å². The van der Waals surface area contributed by atoms with Crippen LogP contribution in [-0.2, 0) is 13.1 Å². The van der Waals surface area contributed by atoms with Crippen LogP contribution in [-0.4, -0.2) is 57.2 Å². The summed E-state index contributed by atoms with van der Waals surface area (Å²) in [6.45, 7) is 4.72. The van der Waals surface area contributed by atoms with Crippen molar-refractivity contribution in [2.24, 2.45) is 0 Å². The summed E-state index contributed by atoms with van der Waals surface area (Å²) in [7, 11) is 0. The van der Waals surface area contributed by atoms with Crippen LogP contribution < -0.4 is 0 Å². The molecule has 2 aromatic carbocycles. The van der Waals surface area contributed by atoms with Crippen molar-refractivity contribution >= 4 is 0 Å². The Morgan fingerprint density at radius 1 is 0.607 bits per heavy atom. The minimum atomic E-state index is -0.386. The van der Waals surface area contributed by atoms with Gasteiger partial charge in [-0.25, -0.2) is 0 Å². The third-order valence-corrected chi connectivity index (χ3v) is 5.05. The predicted octanol–water partition coefficient (Wildman–Crippen LogP) is 2.84. The minimum Gasteiger partial charge on any atom is -0.389 e. The fourth-order valence-corrected chi connectivity index (χ4v) is 3.71. The highest BCUT2D eigenvalue weighted by Crippen LogP contribution is 2.15. The smallest absolute Gasteiger partial charge is 0.0898 e. The number of hydrogen-bond donors (Lipinski definition) is 1. The number of hydrogen-bond acceptors (Lipinski definition) is 5. The van der Waals surface area contributed by atoms with E-state index in [1.54, 1.807) is 0 Å². The molecule has 0 amide bonds. The van der Waals surface area contributed by atoms with E-state index in [1.807, 2.05) is 12.1 Å². The molecule has 0 radical (unpaired) electrons. The first-order valence-corrected chi connectivity index (χ1v) is 9.83. The van der Waals surface area contributed by atoms with Crippen molar-refractivity contribution in [3.63, 3.8) is 0 Å². The maximum absolute atomic E-state index is 10.5. The average molecular weight is 377 g/mol. The number of benzene rings is 2. The Morgan fingerprint density at radius 3 is 1.43 bits per heavy atom. The molecule has 0 fully saturated rings. The molecule has 4 rings (SSSR count). The van der Waals surface area contributed by atoms with Gasteiger partial charge < -0.3 is 24.7 Å². The van der Waals surface area contributed by atoms with Crippen LogP contribution in [0.3, 0.4) is 0 Å². The molecule has 2 aromatic rings. The van der Waals surface area contributed by atoms with Crippen molar-refractivity contribution in [2.45, 2.75) is 19.2 Å². The Balaban J connectivity index is 1.18. The summed E-state index contributed by atoms with van der Waals surface area (Å²) in [5.41, 5.74) is 2.60. The highest BCUT2D eigenvalue weighted by molar-refractivity contribution is 5.16. The number of nitrogens with zero attached hydrogens (tertiary/aromatic N) is 4. The monoisotopic (exact) mass is 376 g/mol. The first-order valence-electron chi connectivity index (χ1n) is 9.83. The van der Waals surface area contributed by atoms with Gasteiger partial charge in [0.15, 0.2) is 0 Å². The van der Waals surface area contributed by atoms with E-state index in [0.29, 0.717) is 13.1 Å². The molecule has 0 aliphatic carbocycles. The largest absolute Gasteiger partial charge is 0.389 e. The van der Waals surface area contributed by atoms with Gasteiger partial charge in [-0.1, -0.05) is 60.7 Å². The van der Waals surface area contributed by atoms with Gasteiger partial charge in [-0.15, -0.1) is 0 Å². The van der Waals surface area contributed by atoms with E-state index < -0.39 is 0 Å². The molecule has 1 N–H and O–H groups in total. The summed E-state index contributed by atoms with van der Waals surface area (Å²) in [6.07, 6.45) is 7.98. The molecule has 146 valence electrons. The van der Waals surface area contributed by atoms with Gasteiger partial charge in [-0.05, 0) is 11.1 Å². The summed E-state index contributed by atoms with van der Waals surface area (Å²) in [4.78, 5) is 8.88. The van der Waals surface area contributed by atoms with Crippen LogP contribution in [0.4, 0.5) is 0 Å². The van der Waals surface area contributed by atoms with E-state index in [1.165, 1.54) is 11.1 Å².